The van der Waals surface area contributed by atoms with Crippen LogP contribution in [0.1, 0.15) is 27.9 Å². The zero-order valence-corrected chi connectivity index (χ0v) is 18.6. The number of benzene rings is 2. The van der Waals surface area contributed by atoms with E-state index in [0.717, 1.165) is 11.3 Å². The van der Waals surface area contributed by atoms with Crippen LogP contribution in [-0.4, -0.2) is 44.8 Å². The van der Waals surface area contributed by atoms with E-state index in [1.54, 1.807) is 30.6 Å². The number of para-hydroxylation sites is 1. The van der Waals surface area contributed by atoms with Gasteiger partial charge in [0.15, 0.2) is 5.16 Å². The molecule has 0 saturated heterocycles. The highest BCUT2D eigenvalue weighted by Crippen LogP contribution is 2.22. The Kier molecular flexibility index (Phi) is 7.61. The molecule has 1 heterocycles. The molecule has 0 aliphatic heterocycles. The van der Waals surface area contributed by atoms with Crippen molar-refractivity contribution < 1.29 is 14.4 Å². The summed E-state index contributed by atoms with van der Waals surface area (Å²) >= 11 is 1.24. The summed E-state index contributed by atoms with van der Waals surface area (Å²) in [4.78, 5) is 35.8. The molecule has 0 atom stereocenters. The minimum Gasteiger partial charge on any atom is -0.370 e. The van der Waals surface area contributed by atoms with Gasteiger partial charge in [0.05, 0.1) is 17.0 Å². The molecule has 0 saturated carbocycles. The monoisotopic (exact) mass is 452 g/mol. The lowest BCUT2D eigenvalue weighted by Crippen LogP contribution is -2.29. The number of amides is 3. The first-order valence-electron chi connectivity index (χ1n) is 9.91. The van der Waals surface area contributed by atoms with E-state index in [2.05, 4.69) is 20.8 Å². The second-order valence-corrected chi connectivity index (χ2v) is 8.05. The SMILES string of the molecule is Cc1ccc(-n2cnnc2SCC(=O)Nc2ccccc2C(=O)NCCC(N)=O)cc1C. The molecule has 0 aliphatic rings. The van der Waals surface area contributed by atoms with Crippen LogP contribution in [0.5, 0.6) is 0 Å². The van der Waals surface area contributed by atoms with Gasteiger partial charge in [0, 0.05) is 18.7 Å². The van der Waals surface area contributed by atoms with Crippen LogP contribution in [0.4, 0.5) is 5.69 Å². The number of nitrogens with zero attached hydrogens (tertiary/aromatic N) is 3. The number of aromatic nitrogens is 3. The minimum absolute atomic E-state index is 0.0398. The highest BCUT2D eigenvalue weighted by molar-refractivity contribution is 7.99. The summed E-state index contributed by atoms with van der Waals surface area (Å²) < 4.78 is 1.82. The minimum atomic E-state index is -0.502. The van der Waals surface area contributed by atoms with Crippen molar-refractivity contribution >= 4 is 35.2 Å². The summed E-state index contributed by atoms with van der Waals surface area (Å²) in [6, 6.07) is 12.7. The van der Waals surface area contributed by atoms with Gasteiger partial charge in [0.25, 0.3) is 5.91 Å². The number of rotatable bonds is 9. The van der Waals surface area contributed by atoms with E-state index < -0.39 is 11.8 Å². The van der Waals surface area contributed by atoms with Gasteiger partial charge in [0.1, 0.15) is 6.33 Å². The molecular weight excluding hydrogens is 428 g/mol. The summed E-state index contributed by atoms with van der Waals surface area (Å²) in [6.45, 7) is 4.20. The summed E-state index contributed by atoms with van der Waals surface area (Å²) in [5.41, 5.74) is 9.02. The van der Waals surface area contributed by atoms with Crippen LogP contribution in [0.15, 0.2) is 53.9 Å². The average molecular weight is 453 g/mol. The molecule has 166 valence electrons. The van der Waals surface area contributed by atoms with Crippen LogP contribution < -0.4 is 16.4 Å². The standard InChI is InChI=1S/C22H24N6O3S/c1-14-7-8-16(11-15(14)2)28-13-25-27-22(28)32-12-20(30)26-18-6-4-3-5-17(18)21(31)24-10-9-19(23)29/h3-8,11,13H,9-10,12H2,1-2H3,(H2,23,29)(H,24,31)(H,26,30). The summed E-state index contributed by atoms with van der Waals surface area (Å²) in [6.07, 6.45) is 1.65. The molecule has 3 rings (SSSR count). The Morgan fingerprint density at radius 3 is 2.62 bits per heavy atom. The number of nitrogens with one attached hydrogen (secondary N) is 2. The molecule has 0 fully saturated rings. The Balaban J connectivity index is 1.63. The van der Waals surface area contributed by atoms with Crippen molar-refractivity contribution in [2.24, 2.45) is 5.73 Å². The molecule has 0 unspecified atom stereocenters. The van der Waals surface area contributed by atoms with E-state index in [1.807, 2.05) is 36.6 Å². The Morgan fingerprint density at radius 2 is 1.88 bits per heavy atom. The molecule has 4 N–H and O–H groups in total. The van der Waals surface area contributed by atoms with Gasteiger partial charge in [0.2, 0.25) is 11.8 Å². The van der Waals surface area contributed by atoms with Gasteiger partial charge >= 0.3 is 0 Å². The van der Waals surface area contributed by atoms with Gasteiger partial charge in [-0.3, -0.25) is 19.0 Å². The molecular formula is C22H24N6O3S. The number of anilines is 1. The topological polar surface area (TPSA) is 132 Å². The van der Waals surface area contributed by atoms with Crippen molar-refractivity contribution in [3.8, 4) is 5.69 Å². The van der Waals surface area contributed by atoms with Crippen molar-refractivity contribution in [2.45, 2.75) is 25.4 Å². The zero-order valence-electron chi connectivity index (χ0n) is 17.8. The molecule has 0 spiro atoms. The molecule has 3 aromatic rings. The third-order valence-corrected chi connectivity index (χ3v) is 5.66. The zero-order chi connectivity index (χ0) is 23.1. The van der Waals surface area contributed by atoms with Gasteiger partial charge < -0.3 is 16.4 Å². The van der Waals surface area contributed by atoms with Crippen molar-refractivity contribution in [1.29, 1.82) is 0 Å². The molecule has 10 heteroatoms. The number of hydrogen-bond donors (Lipinski definition) is 3. The lowest BCUT2D eigenvalue weighted by Gasteiger charge is -2.11. The predicted octanol–water partition coefficient (Wildman–Crippen LogP) is 2.22. The first-order valence-corrected chi connectivity index (χ1v) is 10.9. The number of carbonyl (C=O) groups is 3. The first kappa shape index (κ1) is 23.0. The fraction of sp³-hybridized carbons (Fsp3) is 0.227. The quantitative estimate of drug-likeness (QED) is 0.427. The maximum Gasteiger partial charge on any atom is 0.253 e. The van der Waals surface area contributed by atoms with E-state index in [4.69, 9.17) is 5.73 Å². The second kappa shape index (κ2) is 10.6. The van der Waals surface area contributed by atoms with E-state index in [1.165, 1.54) is 17.3 Å². The van der Waals surface area contributed by atoms with Gasteiger partial charge in [-0.1, -0.05) is 30.0 Å². The third-order valence-electron chi connectivity index (χ3n) is 4.72. The van der Waals surface area contributed by atoms with E-state index in [-0.39, 0.29) is 24.6 Å². The number of carbonyl (C=O) groups excluding carboxylic acids is 3. The number of thioether (sulfide) groups is 1. The second-order valence-electron chi connectivity index (χ2n) is 7.11. The van der Waals surface area contributed by atoms with Gasteiger partial charge in [-0.2, -0.15) is 0 Å². The molecule has 2 aromatic carbocycles. The van der Waals surface area contributed by atoms with E-state index in [9.17, 15) is 14.4 Å². The molecule has 1 aromatic heterocycles. The highest BCUT2D eigenvalue weighted by Gasteiger charge is 2.15. The molecule has 9 nitrogen and oxygen atoms in total. The third kappa shape index (κ3) is 5.94. The van der Waals surface area contributed by atoms with E-state index in [0.29, 0.717) is 16.4 Å². The van der Waals surface area contributed by atoms with Crippen LogP contribution >= 0.6 is 11.8 Å². The number of aryl methyl sites for hydroxylation is 2. The van der Waals surface area contributed by atoms with Crippen LogP contribution in [0.3, 0.4) is 0 Å². The molecule has 3 amide bonds. The Bertz CT molecular complexity index is 1140. The van der Waals surface area contributed by atoms with Crippen molar-refractivity contribution in [1.82, 2.24) is 20.1 Å². The number of primary amides is 1. The fourth-order valence-electron chi connectivity index (χ4n) is 2.88. The largest absolute Gasteiger partial charge is 0.370 e. The molecule has 0 radical (unpaired) electrons. The van der Waals surface area contributed by atoms with Crippen LogP contribution in [0.25, 0.3) is 5.69 Å². The van der Waals surface area contributed by atoms with Crippen LogP contribution in [-0.2, 0) is 9.59 Å². The highest BCUT2D eigenvalue weighted by atomic mass is 32.2. The predicted molar refractivity (Wildman–Crippen MR) is 123 cm³/mol. The Hall–Kier alpha value is -3.66. The van der Waals surface area contributed by atoms with Gasteiger partial charge in [-0.25, -0.2) is 0 Å². The van der Waals surface area contributed by atoms with Crippen molar-refractivity contribution in [3.05, 3.63) is 65.5 Å². The molecule has 0 aliphatic carbocycles. The van der Waals surface area contributed by atoms with Crippen molar-refractivity contribution in [3.63, 3.8) is 0 Å². The van der Waals surface area contributed by atoms with Crippen LogP contribution in [0.2, 0.25) is 0 Å². The Morgan fingerprint density at radius 1 is 1.09 bits per heavy atom. The van der Waals surface area contributed by atoms with Gasteiger partial charge in [-0.15, -0.1) is 10.2 Å². The first-order chi connectivity index (χ1) is 15.3. The van der Waals surface area contributed by atoms with Crippen molar-refractivity contribution in [2.75, 3.05) is 17.6 Å². The maximum absolute atomic E-state index is 12.6. The average Bonchev–Trinajstić information content (AvgIpc) is 3.23. The van der Waals surface area contributed by atoms with E-state index >= 15 is 0 Å². The fourth-order valence-corrected chi connectivity index (χ4v) is 3.61. The normalized spacial score (nSPS) is 10.6. The lowest BCUT2D eigenvalue weighted by molar-refractivity contribution is -0.118. The molecule has 32 heavy (non-hydrogen) atoms. The lowest BCUT2D eigenvalue weighted by atomic mass is 10.1. The number of nitrogens with two attached hydrogens (primary N) is 1. The van der Waals surface area contributed by atoms with Crippen LogP contribution in [0, 0.1) is 13.8 Å². The molecule has 0 bridgehead atoms. The maximum atomic E-state index is 12.6. The number of hydrogen-bond acceptors (Lipinski definition) is 6. The smallest absolute Gasteiger partial charge is 0.253 e. The summed E-state index contributed by atoms with van der Waals surface area (Å²) in [5.74, 6) is -1.11. The Labute approximate surface area is 189 Å². The summed E-state index contributed by atoms with van der Waals surface area (Å²) in [7, 11) is 0. The summed E-state index contributed by atoms with van der Waals surface area (Å²) in [5, 5.41) is 14.0. The van der Waals surface area contributed by atoms with Gasteiger partial charge in [-0.05, 0) is 49.2 Å².